The highest BCUT2D eigenvalue weighted by molar-refractivity contribution is 7.89. The van der Waals surface area contributed by atoms with Crippen LogP contribution < -0.4 is 14.9 Å². The van der Waals surface area contributed by atoms with Gasteiger partial charge >= 0.3 is 0 Å². The molecule has 15 nitrogen and oxygen atoms in total. The van der Waals surface area contributed by atoms with Crippen molar-refractivity contribution in [3.8, 4) is 5.75 Å². The largest absolute Gasteiger partial charge is 0.510 e. The van der Waals surface area contributed by atoms with Crippen LogP contribution in [0, 0.1) is 25.7 Å². The van der Waals surface area contributed by atoms with Crippen LogP contribution in [-0.4, -0.2) is 103 Å². The number of aromatic nitrogens is 1. The van der Waals surface area contributed by atoms with Crippen LogP contribution in [0.5, 0.6) is 5.75 Å². The Hall–Kier alpha value is -4.25. The highest BCUT2D eigenvalue weighted by Crippen LogP contribution is 2.53. The van der Waals surface area contributed by atoms with E-state index >= 15 is 0 Å². The standard InChI is InChI=1S/C30H37N5O10S/c1-12-26(13(2)45-33-12)46(43,44)32-11-15-10-18(34(4)5)16-8-14-9-17-22(35(6)7)25(38)21(29(41)31-3)28(40)30(17,42)27(39)19(14)24(37)20(16)23(15)36/h10,14,17,22,32,36,38-39,42H,8-9,11H2,1-7H3,(H,31,41)/t14-,17-,22-,30-/m0/s1. The molecule has 46 heavy (non-hydrogen) atoms. The smallest absolute Gasteiger partial charge is 0.258 e. The SMILES string of the molecule is CNC(=O)C1=C(O)[C@@H](N(C)C)[C@@H]2C[C@@H]3Cc4c(N(C)C)cc(CNS(=O)(=O)c5c(C)noc5C)c(O)c4C(=O)C3=C(O)[C@]2(O)C1=O. The average Bonchev–Trinajstić information content (AvgIpc) is 3.32. The minimum Gasteiger partial charge on any atom is -0.510 e. The van der Waals surface area contributed by atoms with E-state index in [1.165, 1.54) is 25.8 Å². The number of phenols is 1. The number of nitrogens with zero attached hydrogens (tertiary/aromatic N) is 3. The van der Waals surface area contributed by atoms with E-state index in [4.69, 9.17) is 4.52 Å². The van der Waals surface area contributed by atoms with Crippen LogP contribution in [0.15, 0.2) is 38.1 Å². The number of carbonyl (C=O) groups excluding carboxylic acids is 3. The molecule has 0 aliphatic heterocycles. The van der Waals surface area contributed by atoms with Gasteiger partial charge in [-0.25, -0.2) is 13.1 Å². The number of nitrogens with one attached hydrogen (secondary N) is 2. The van der Waals surface area contributed by atoms with Crippen molar-refractivity contribution in [1.82, 2.24) is 20.1 Å². The maximum Gasteiger partial charge on any atom is 0.258 e. The van der Waals surface area contributed by atoms with Gasteiger partial charge in [0.2, 0.25) is 15.8 Å². The highest BCUT2D eigenvalue weighted by Gasteiger charge is 2.63. The third kappa shape index (κ3) is 4.70. The number of likely N-dealkylation sites (N-methyl/N-ethyl adjacent to an activating group) is 2. The number of hydrogen-bond acceptors (Lipinski definition) is 13. The first kappa shape index (κ1) is 33.1. The number of carbonyl (C=O) groups is 3. The minimum absolute atomic E-state index is 0.0344. The number of aromatic hydroxyl groups is 1. The number of rotatable bonds is 7. The Kier molecular flexibility index (Phi) is 8.08. The number of hydrogen-bond donors (Lipinski definition) is 6. The lowest BCUT2D eigenvalue weighted by atomic mass is 9.58. The quantitative estimate of drug-likeness (QED) is 0.224. The van der Waals surface area contributed by atoms with Gasteiger partial charge in [0.05, 0.1) is 11.6 Å². The van der Waals surface area contributed by atoms with Gasteiger partial charge in [0.1, 0.15) is 33.4 Å². The zero-order valence-electron chi connectivity index (χ0n) is 26.4. The molecule has 1 heterocycles. The van der Waals surface area contributed by atoms with Crippen molar-refractivity contribution in [2.24, 2.45) is 11.8 Å². The zero-order chi connectivity index (χ0) is 34.2. The second-order valence-electron chi connectivity index (χ2n) is 12.3. The van der Waals surface area contributed by atoms with Gasteiger partial charge in [-0.2, -0.15) is 0 Å². The van der Waals surface area contributed by atoms with E-state index in [0.717, 1.165) is 0 Å². The maximum absolute atomic E-state index is 14.2. The van der Waals surface area contributed by atoms with E-state index in [1.54, 1.807) is 39.2 Å². The number of aliphatic hydroxyl groups is 3. The van der Waals surface area contributed by atoms with Crippen LogP contribution in [0.1, 0.15) is 39.4 Å². The Balaban J connectivity index is 1.64. The lowest BCUT2D eigenvalue weighted by Gasteiger charge is -2.50. The number of phenolic OH excluding ortho intramolecular Hbond substituents is 1. The number of aryl methyl sites for hydroxylation is 2. The number of sulfonamides is 1. The van der Waals surface area contributed by atoms with Crippen molar-refractivity contribution in [2.45, 2.75) is 49.8 Å². The first-order valence-corrected chi connectivity index (χ1v) is 15.9. The molecule has 2 aromatic rings. The molecule has 16 heteroatoms. The predicted octanol–water partition coefficient (Wildman–Crippen LogP) is 0.531. The van der Waals surface area contributed by atoms with Crippen LogP contribution in [-0.2, 0) is 32.6 Å². The van der Waals surface area contributed by atoms with Gasteiger partial charge in [-0.1, -0.05) is 5.16 Å². The molecule has 248 valence electrons. The van der Waals surface area contributed by atoms with Gasteiger partial charge in [-0.15, -0.1) is 0 Å². The van der Waals surface area contributed by atoms with Crippen molar-refractivity contribution in [2.75, 3.05) is 40.1 Å². The number of ketones is 2. The van der Waals surface area contributed by atoms with Crippen LogP contribution in [0.4, 0.5) is 5.69 Å². The molecule has 3 aliphatic rings. The summed E-state index contributed by atoms with van der Waals surface area (Å²) in [5, 5.41) is 52.0. The van der Waals surface area contributed by atoms with Crippen molar-refractivity contribution in [3.63, 3.8) is 0 Å². The highest BCUT2D eigenvalue weighted by atomic mass is 32.2. The number of aliphatic hydroxyl groups excluding tert-OH is 2. The molecule has 5 rings (SSSR count). The summed E-state index contributed by atoms with van der Waals surface area (Å²) in [6, 6.07) is 0.493. The Morgan fingerprint density at radius 3 is 2.35 bits per heavy atom. The van der Waals surface area contributed by atoms with Gasteiger partial charge in [-0.05, 0) is 58.3 Å². The van der Waals surface area contributed by atoms with Gasteiger partial charge in [-0.3, -0.25) is 19.3 Å². The molecule has 1 aromatic carbocycles. The molecule has 4 atom stereocenters. The number of anilines is 1. The lowest BCUT2D eigenvalue weighted by Crippen LogP contribution is -2.64. The fraction of sp³-hybridized carbons (Fsp3) is 0.467. The molecule has 0 saturated carbocycles. The van der Waals surface area contributed by atoms with Crippen LogP contribution in [0.3, 0.4) is 0 Å². The lowest BCUT2D eigenvalue weighted by molar-refractivity contribution is -0.148. The van der Waals surface area contributed by atoms with Crippen molar-refractivity contribution in [3.05, 3.63) is 56.9 Å². The number of amides is 1. The van der Waals surface area contributed by atoms with E-state index in [1.807, 2.05) is 0 Å². The molecule has 0 fully saturated rings. The third-order valence-electron chi connectivity index (χ3n) is 9.16. The normalized spacial score (nSPS) is 24.6. The summed E-state index contributed by atoms with van der Waals surface area (Å²) < 4.78 is 33.6. The molecule has 0 radical (unpaired) electrons. The predicted molar refractivity (Wildman–Crippen MR) is 163 cm³/mol. The van der Waals surface area contributed by atoms with Crippen molar-refractivity contribution in [1.29, 1.82) is 0 Å². The Morgan fingerprint density at radius 1 is 1.15 bits per heavy atom. The van der Waals surface area contributed by atoms with Crippen LogP contribution in [0.25, 0.3) is 0 Å². The molecule has 1 aromatic heterocycles. The van der Waals surface area contributed by atoms with Gasteiger partial charge in [0, 0.05) is 50.4 Å². The second-order valence-corrected chi connectivity index (χ2v) is 14.0. The Bertz CT molecular complexity index is 1840. The summed E-state index contributed by atoms with van der Waals surface area (Å²) in [6.45, 7) is 2.48. The first-order valence-electron chi connectivity index (χ1n) is 14.4. The van der Waals surface area contributed by atoms with Gasteiger partial charge < -0.3 is 35.2 Å². The van der Waals surface area contributed by atoms with E-state index < -0.39 is 80.4 Å². The number of allylic oxidation sites excluding steroid dienone is 1. The maximum atomic E-state index is 14.2. The zero-order valence-corrected chi connectivity index (χ0v) is 27.2. The number of fused-ring (bicyclic) bond motifs is 3. The summed E-state index contributed by atoms with van der Waals surface area (Å²) in [4.78, 5) is 43.7. The monoisotopic (exact) mass is 659 g/mol. The molecular formula is C30H37N5O10S. The van der Waals surface area contributed by atoms with Crippen molar-refractivity contribution >= 4 is 33.2 Å². The number of Topliss-reactive ketones (excluding diaryl/α,β-unsaturated/α-hetero) is 2. The minimum atomic E-state index is -4.15. The topological polar surface area (TPSA) is 223 Å². The Labute approximate surface area is 265 Å². The molecule has 0 unspecified atom stereocenters. The molecule has 6 N–H and O–H groups in total. The average molecular weight is 660 g/mol. The molecule has 1 amide bonds. The molecule has 0 bridgehead atoms. The van der Waals surface area contributed by atoms with E-state index in [0.29, 0.717) is 11.3 Å². The molecule has 0 saturated heterocycles. The molecule has 0 spiro atoms. The summed E-state index contributed by atoms with van der Waals surface area (Å²) in [6.07, 6.45) is 0.0632. The second kappa shape index (κ2) is 11.2. The van der Waals surface area contributed by atoms with Crippen LogP contribution >= 0.6 is 0 Å². The van der Waals surface area contributed by atoms with E-state index in [9.17, 15) is 43.2 Å². The van der Waals surface area contributed by atoms with E-state index in [2.05, 4.69) is 15.2 Å². The fourth-order valence-electron chi connectivity index (χ4n) is 7.10. The Morgan fingerprint density at radius 2 is 1.80 bits per heavy atom. The van der Waals surface area contributed by atoms with Gasteiger partial charge in [0.25, 0.3) is 5.91 Å². The summed E-state index contributed by atoms with van der Waals surface area (Å²) in [5.41, 5.74) is -2.87. The third-order valence-corrected chi connectivity index (χ3v) is 10.8. The summed E-state index contributed by atoms with van der Waals surface area (Å²) in [5.74, 6) is -6.94. The molecule has 3 aliphatic carbocycles. The summed E-state index contributed by atoms with van der Waals surface area (Å²) >= 11 is 0. The first-order chi connectivity index (χ1) is 21.4. The molecular weight excluding hydrogens is 622 g/mol. The van der Waals surface area contributed by atoms with Gasteiger partial charge in [0.15, 0.2) is 17.1 Å². The fourth-order valence-corrected chi connectivity index (χ4v) is 8.43. The van der Waals surface area contributed by atoms with Crippen LogP contribution in [0.2, 0.25) is 0 Å². The summed E-state index contributed by atoms with van der Waals surface area (Å²) in [7, 11) is 3.68. The number of benzene rings is 1. The van der Waals surface area contributed by atoms with Crippen molar-refractivity contribution < 1.29 is 47.8 Å². The van der Waals surface area contributed by atoms with E-state index in [-0.39, 0.29) is 45.9 Å².